The fourth-order valence-corrected chi connectivity index (χ4v) is 2.01. The molecule has 0 aliphatic heterocycles. The summed E-state index contributed by atoms with van der Waals surface area (Å²) in [6, 6.07) is 0.955. The van der Waals surface area contributed by atoms with Crippen molar-refractivity contribution >= 4 is 5.78 Å². The van der Waals surface area contributed by atoms with Gasteiger partial charge in [-0.15, -0.1) is 0 Å². The van der Waals surface area contributed by atoms with E-state index < -0.39 is 11.9 Å². The van der Waals surface area contributed by atoms with Crippen LogP contribution in [0.5, 0.6) is 0 Å². The third-order valence-electron chi connectivity index (χ3n) is 2.81. The van der Waals surface area contributed by atoms with Crippen LogP contribution in [0.2, 0.25) is 0 Å². The third kappa shape index (κ3) is 2.62. The van der Waals surface area contributed by atoms with Gasteiger partial charge in [0.05, 0.1) is 0 Å². The average Bonchev–Trinajstić information content (AvgIpc) is 2.62. The van der Waals surface area contributed by atoms with E-state index in [0.29, 0.717) is 18.5 Å². The van der Waals surface area contributed by atoms with Gasteiger partial charge < -0.3 is 0 Å². The molecule has 0 unspecified atom stereocenters. The van der Waals surface area contributed by atoms with E-state index in [2.05, 4.69) is 9.97 Å². The van der Waals surface area contributed by atoms with Crippen LogP contribution in [0.4, 0.5) is 13.2 Å². The molecule has 0 bridgehead atoms. The quantitative estimate of drug-likeness (QED) is 0.762. The van der Waals surface area contributed by atoms with Crippen LogP contribution >= 0.6 is 0 Å². The van der Waals surface area contributed by atoms with Gasteiger partial charge in [-0.2, -0.15) is 13.2 Å². The number of aryl methyl sites for hydroxylation is 1. The molecule has 17 heavy (non-hydrogen) atoms. The fourth-order valence-electron chi connectivity index (χ4n) is 2.01. The van der Waals surface area contributed by atoms with Gasteiger partial charge in [0.15, 0.2) is 0 Å². The number of aromatic nitrogens is 2. The van der Waals surface area contributed by atoms with Crippen LogP contribution in [-0.4, -0.2) is 15.8 Å². The Morgan fingerprint density at radius 1 is 1.35 bits per heavy atom. The van der Waals surface area contributed by atoms with E-state index in [-0.39, 0.29) is 23.9 Å². The molecule has 3 nitrogen and oxygen atoms in total. The number of Topliss-reactive ketones (excluding diaryl/α,β-unsaturated/α-hetero) is 1. The maximum Gasteiger partial charge on any atom is 0.433 e. The number of ketones is 1. The molecule has 1 fully saturated rings. The summed E-state index contributed by atoms with van der Waals surface area (Å²) >= 11 is 0. The molecule has 1 aromatic heterocycles. The number of carbonyl (C=O) groups excluding carboxylic acids is 1. The molecule has 2 rings (SSSR count). The second-order valence-electron chi connectivity index (χ2n) is 4.20. The van der Waals surface area contributed by atoms with Crippen molar-refractivity contribution in [2.75, 3.05) is 0 Å². The molecular formula is C11H11F3N2O. The van der Waals surface area contributed by atoms with Gasteiger partial charge in [0, 0.05) is 24.5 Å². The van der Waals surface area contributed by atoms with Crippen LogP contribution in [0.1, 0.15) is 42.4 Å². The van der Waals surface area contributed by atoms with Crippen molar-refractivity contribution in [2.45, 2.75) is 38.3 Å². The van der Waals surface area contributed by atoms with E-state index in [9.17, 15) is 18.0 Å². The Bertz CT molecular complexity index is 457. The predicted octanol–water partition coefficient (Wildman–Crippen LogP) is 2.64. The zero-order chi connectivity index (χ0) is 12.6. The van der Waals surface area contributed by atoms with E-state index in [1.54, 1.807) is 0 Å². The van der Waals surface area contributed by atoms with Crippen molar-refractivity contribution in [3.8, 4) is 0 Å². The Kier molecular flexibility index (Phi) is 2.89. The SMILES string of the molecule is Cc1nc([C@@H]2CCC(=O)C2)cc(C(F)(F)F)n1. The van der Waals surface area contributed by atoms with E-state index in [0.717, 1.165) is 6.07 Å². The molecule has 92 valence electrons. The Morgan fingerprint density at radius 3 is 2.59 bits per heavy atom. The van der Waals surface area contributed by atoms with Crippen LogP contribution in [0.15, 0.2) is 6.07 Å². The number of nitrogens with zero attached hydrogens (tertiary/aromatic N) is 2. The molecule has 1 atom stereocenters. The number of alkyl halides is 3. The van der Waals surface area contributed by atoms with Crippen LogP contribution in [-0.2, 0) is 11.0 Å². The van der Waals surface area contributed by atoms with Crippen molar-refractivity contribution < 1.29 is 18.0 Å². The number of carbonyl (C=O) groups is 1. The highest BCUT2D eigenvalue weighted by molar-refractivity contribution is 5.81. The Balaban J connectivity index is 2.35. The van der Waals surface area contributed by atoms with Crippen LogP contribution in [0, 0.1) is 6.92 Å². The predicted molar refractivity (Wildman–Crippen MR) is 53.4 cm³/mol. The highest BCUT2D eigenvalue weighted by atomic mass is 19.4. The van der Waals surface area contributed by atoms with E-state index in [4.69, 9.17) is 0 Å². The van der Waals surface area contributed by atoms with Gasteiger partial charge in [-0.05, 0) is 19.4 Å². The first-order valence-corrected chi connectivity index (χ1v) is 5.31. The Morgan fingerprint density at radius 2 is 2.06 bits per heavy atom. The summed E-state index contributed by atoms with van der Waals surface area (Å²) in [5.74, 6) is -0.0145. The van der Waals surface area contributed by atoms with E-state index >= 15 is 0 Å². The number of hydrogen-bond acceptors (Lipinski definition) is 3. The standard InChI is InChI=1S/C11H11F3N2O/c1-6-15-9(7-2-3-8(17)4-7)5-10(16-6)11(12,13)14/h5,7H,2-4H2,1H3/t7-/m1/s1. The van der Waals surface area contributed by atoms with Gasteiger partial charge in [-0.3, -0.25) is 4.79 Å². The lowest BCUT2D eigenvalue weighted by atomic mass is 10.0. The molecule has 1 saturated carbocycles. The van der Waals surface area contributed by atoms with Gasteiger partial charge in [0.1, 0.15) is 17.3 Å². The summed E-state index contributed by atoms with van der Waals surface area (Å²) in [6.45, 7) is 1.43. The lowest BCUT2D eigenvalue weighted by Gasteiger charge is -2.12. The zero-order valence-electron chi connectivity index (χ0n) is 9.21. The molecule has 0 spiro atoms. The summed E-state index contributed by atoms with van der Waals surface area (Å²) < 4.78 is 37.7. The third-order valence-corrected chi connectivity index (χ3v) is 2.81. The van der Waals surface area contributed by atoms with Crippen molar-refractivity contribution in [2.24, 2.45) is 0 Å². The van der Waals surface area contributed by atoms with E-state index in [1.807, 2.05) is 0 Å². The minimum atomic E-state index is -4.47. The van der Waals surface area contributed by atoms with Crippen LogP contribution in [0.25, 0.3) is 0 Å². The second kappa shape index (κ2) is 4.09. The van der Waals surface area contributed by atoms with Crippen LogP contribution < -0.4 is 0 Å². The molecule has 0 amide bonds. The van der Waals surface area contributed by atoms with Crippen molar-refractivity contribution in [1.29, 1.82) is 0 Å². The van der Waals surface area contributed by atoms with Gasteiger partial charge in [-0.25, -0.2) is 9.97 Å². The summed E-state index contributed by atoms with van der Waals surface area (Å²) in [5.41, 5.74) is -0.602. The summed E-state index contributed by atoms with van der Waals surface area (Å²) in [7, 11) is 0. The fraction of sp³-hybridized carbons (Fsp3) is 0.545. The molecule has 1 aliphatic rings. The summed E-state index contributed by atoms with van der Waals surface area (Å²) in [6.07, 6.45) is -3.18. The maximum absolute atomic E-state index is 12.6. The first kappa shape index (κ1) is 12.0. The summed E-state index contributed by atoms with van der Waals surface area (Å²) in [4.78, 5) is 18.5. The first-order chi connectivity index (χ1) is 7.86. The largest absolute Gasteiger partial charge is 0.433 e. The molecule has 0 saturated heterocycles. The molecule has 6 heteroatoms. The molecule has 1 heterocycles. The molecule has 0 radical (unpaired) electrons. The summed E-state index contributed by atoms with van der Waals surface area (Å²) in [5, 5.41) is 0. The second-order valence-corrected chi connectivity index (χ2v) is 4.20. The van der Waals surface area contributed by atoms with Gasteiger partial charge in [0.2, 0.25) is 0 Å². The monoisotopic (exact) mass is 244 g/mol. The van der Waals surface area contributed by atoms with Crippen molar-refractivity contribution in [3.63, 3.8) is 0 Å². The molecule has 1 aliphatic carbocycles. The highest BCUT2D eigenvalue weighted by Gasteiger charge is 2.35. The highest BCUT2D eigenvalue weighted by Crippen LogP contribution is 2.34. The number of halogens is 3. The zero-order valence-corrected chi connectivity index (χ0v) is 9.21. The lowest BCUT2D eigenvalue weighted by molar-refractivity contribution is -0.141. The van der Waals surface area contributed by atoms with Gasteiger partial charge in [0.25, 0.3) is 0 Å². The average molecular weight is 244 g/mol. The van der Waals surface area contributed by atoms with Crippen molar-refractivity contribution in [1.82, 2.24) is 9.97 Å². The molecular weight excluding hydrogens is 233 g/mol. The number of hydrogen-bond donors (Lipinski definition) is 0. The number of rotatable bonds is 1. The van der Waals surface area contributed by atoms with Gasteiger partial charge in [-0.1, -0.05) is 0 Å². The minimum Gasteiger partial charge on any atom is -0.300 e. The lowest BCUT2D eigenvalue weighted by Crippen LogP contribution is -2.12. The maximum atomic E-state index is 12.6. The molecule has 1 aromatic rings. The molecule has 0 N–H and O–H groups in total. The van der Waals surface area contributed by atoms with E-state index in [1.165, 1.54) is 6.92 Å². The van der Waals surface area contributed by atoms with Gasteiger partial charge >= 0.3 is 6.18 Å². The normalized spacial score (nSPS) is 20.9. The van der Waals surface area contributed by atoms with Crippen LogP contribution in [0.3, 0.4) is 0 Å². The first-order valence-electron chi connectivity index (χ1n) is 5.31. The Hall–Kier alpha value is -1.46. The van der Waals surface area contributed by atoms with Crippen molar-refractivity contribution in [3.05, 3.63) is 23.3 Å². The topological polar surface area (TPSA) is 42.9 Å². The molecule has 0 aromatic carbocycles. The minimum absolute atomic E-state index is 0.0832. The Labute approximate surface area is 96.1 Å². The smallest absolute Gasteiger partial charge is 0.300 e.